The molecular formula is C21H32O. The van der Waals surface area contributed by atoms with Gasteiger partial charge in [0.05, 0.1) is 0 Å². The molecule has 0 heterocycles. The Morgan fingerprint density at radius 1 is 1.05 bits per heavy atom. The summed E-state index contributed by atoms with van der Waals surface area (Å²) < 4.78 is 0. The minimum absolute atomic E-state index is 0.389. The number of ketones is 1. The smallest absolute Gasteiger partial charge is 0.155 e. The number of fused-ring (bicyclic) bond motifs is 5. The fraction of sp³-hybridized carbons (Fsp3) is 0.857. The van der Waals surface area contributed by atoms with Gasteiger partial charge in [-0.15, -0.1) is 0 Å². The summed E-state index contributed by atoms with van der Waals surface area (Å²) in [5.41, 5.74) is 2.10. The zero-order valence-corrected chi connectivity index (χ0v) is 14.8. The first-order valence-corrected chi connectivity index (χ1v) is 9.65. The molecule has 0 radical (unpaired) electrons. The zero-order valence-electron chi connectivity index (χ0n) is 14.8. The Hall–Kier alpha value is -0.590. The van der Waals surface area contributed by atoms with Gasteiger partial charge in [-0.25, -0.2) is 0 Å². The van der Waals surface area contributed by atoms with Crippen molar-refractivity contribution in [1.82, 2.24) is 0 Å². The predicted octanol–water partition coefficient (Wildman–Crippen LogP) is 5.26. The van der Waals surface area contributed by atoms with Gasteiger partial charge in [0.25, 0.3) is 0 Å². The van der Waals surface area contributed by atoms with Crippen LogP contribution in [0, 0.1) is 46.8 Å². The number of allylic oxidation sites excluding steroid dienone is 1. The first-order chi connectivity index (χ1) is 10.4. The maximum atomic E-state index is 11.9. The van der Waals surface area contributed by atoms with Crippen LogP contribution in [0.3, 0.4) is 0 Å². The number of hydrogen-bond acceptors (Lipinski definition) is 1. The lowest BCUT2D eigenvalue weighted by atomic mass is 9.46. The molecule has 122 valence electrons. The van der Waals surface area contributed by atoms with Crippen molar-refractivity contribution >= 4 is 5.78 Å². The van der Waals surface area contributed by atoms with Gasteiger partial charge in [0, 0.05) is 6.42 Å². The molecule has 0 aliphatic heterocycles. The van der Waals surface area contributed by atoms with Crippen molar-refractivity contribution in [3.05, 3.63) is 11.6 Å². The maximum Gasteiger partial charge on any atom is 0.155 e. The van der Waals surface area contributed by atoms with Crippen LogP contribution in [0.4, 0.5) is 0 Å². The highest BCUT2D eigenvalue weighted by Gasteiger charge is 2.58. The summed E-state index contributed by atoms with van der Waals surface area (Å²) in [5, 5.41) is 0. The number of rotatable bonds is 0. The summed E-state index contributed by atoms with van der Waals surface area (Å²) in [6.07, 6.45) is 9.50. The largest absolute Gasteiger partial charge is 0.295 e. The van der Waals surface area contributed by atoms with E-state index in [0.29, 0.717) is 11.2 Å². The molecular weight excluding hydrogens is 268 g/mol. The van der Waals surface area contributed by atoms with Crippen molar-refractivity contribution in [3.63, 3.8) is 0 Å². The van der Waals surface area contributed by atoms with Gasteiger partial charge in [-0.05, 0) is 85.0 Å². The molecule has 3 fully saturated rings. The summed E-state index contributed by atoms with van der Waals surface area (Å²) in [5.74, 6) is 6.33. The van der Waals surface area contributed by atoms with Gasteiger partial charge in [-0.3, -0.25) is 4.79 Å². The van der Waals surface area contributed by atoms with E-state index in [9.17, 15) is 4.79 Å². The molecule has 22 heavy (non-hydrogen) atoms. The third kappa shape index (κ3) is 1.93. The highest BCUT2D eigenvalue weighted by atomic mass is 16.1. The topological polar surface area (TPSA) is 17.1 Å². The minimum atomic E-state index is 0.389. The van der Waals surface area contributed by atoms with Crippen molar-refractivity contribution in [3.8, 4) is 0 Å². The van der Waals surface area contributed by atoms with Gasteiger partial charge in [-0.1, -0.05) is 33.3 Å². The normalized spacial score (nSPS) is 54.3. The first kappa shape index (κ1) is 15.0. The molecule has 8 unspecified atom stereocenters. The van der Waals surface area contributed by atoms with Crippen LogP contribution < -0.4 is 0 Å². The van der Waals surface area contributed by atoms with Crippen LogP contribution in [-0.4, -0.2) is 5.78 Å². The van der Waals surface area contributed by atoms with Gasteiger partial charge in [-0.2, -0.15) is 0 Å². The van der Waals surface area contributed by atoms with E-state index < -0.39 is 0 Å². The van der Waals surface area contributed by atoms with Crippen molar-refractivity contribution in [2.75, 3.05) is 0 Å². The van der Waals surface area contributed by atoms with Gasteiger partial charge in [0.15, 0.2) is 5.78 Å². The Bertz CT molecular complexity index is 518. The standard InChI is InChI=1S/C21H32O/c1-12-9-15-10-16(22)6-7-17(15)19-13(2)11-21(4)14(3)5-8-18(21)20(12)19/h10,12-14,17-20H,5-9,11H2,1-4H3. The Labute approximate surface area is 135 Å². The Balaban J connectivity index is 1.73. The summed E-state index contributed by atoms with van der Waals surface area (Å²) in [7, 11) is 0. The molecule has 0 aromatic heterocycles. The Kier molecular flexibility index (Phi) is 3.37. The van der Waals surface area contributed by atoms with E-state index in [1.165, 1.54) is 31.3 Å². The van der Waals surface area contributed by atoms with Gasteiger partial charge in [0.2, 0.25) is 0 Å². The summed E-state index contributed by atoms with van der Waals surface area (Å²) in [4.78, 5) is 11.9. The lowest BCUT2D eigenvalue weighted by Gasteiger charge is -2.58. The predicted molar refractivity (Wildman–Crippen MR) is 90.4 cm³/mol. The van der Waals surface area contributed by atoms with E-state index in [2.05, 4.69) is 27.7 Å². The van der Waals surface area contributed by atoms with E-state index in [0.717, 1.165) is 54.3 Å². The van der Waals surface area contributed by atoms with Crippen LogP contribution in [0.1, 0.15) is 66.2 Å². The Morgan fingerprint density at radius 2 is 1.82 bits per heavy atom. The quantitative estimate of drug-likeness (QED) is 0.596. The van der Waals surface area contributed by atoms with E-state index >= 15 is 0 Å². The molecule has 0 aromatic rings. The fourth-order valence-corrected chi connectivity index (χ4v) is 7.38. The van der Waals surface area contributed by atoms with Gasteiger partial charge >= 0.3 is 0 Å². The molecule has 0 spiro atoms. The van der Waals surface area contributed by atoms with Crippen LogP contribution in [0.2, 0.25) is 0 Å². The molecule has 0 bridgehead atoms. The number of hydrogen-bond donors (Lipinski definition) is 0. The van der Waals surface area contributed by atoms with Crippen molar-refractivity contribution in [2.24, 2.45) is 46.8 Å². The molecule has 1 heteroatoms. The average Bonchev–Trinajstić information content (AvgIpc) is 2.74. The summed E-state index contributed by atoms with van der Waals surface area (Å²) in [6.45, 7) is 10.1. The monoisotopic (exact) mass is 300 g/mol. The molecule has 4 aliphatic rings. The third-order valence-electron chi connectivity index (χ3n) is 8.42. The maximum absolute atomic E-state index is 11.9. The van der Waals surface area contributed by atoms with Crippen molar-refractivity contribution < 1.29 is 4.79 Å². The van der Waals surface area contributed by atoms with E-state index in [1.807, 2.05) is 6.08 Å². The van der Waals surface area contributed by atoms with Gasteiger partial charge < -0.3 is 0 Å². The fourth-order valence-electron chi connectivity index (χ4n) is 7.38. The molecule has 4 rings (SSSR count). The van der Waals surface area contributed by atoms with Crippen molar-refractivity contribution in [2.45, 2.75) is 66.2 Å². The van der Waals surface area contributed by atoms with Crippen LogP contribution >= 0.6 is 0 Å². The number of carbonyl (C=O) groups excluding carboxylic acids is 1. The van der Waals surface area contributed by atoms with Crippen LogP contribution in [0.25, 0.3) is 0 Å². The molecule has 0 aromatic carbocycles. The molecule has 0 amide bonds. The average molecular weight is 300 g/mol. The zero-order chi connectivity index (χ0) is 15.6. The SMILES string of the molecule is CC1CC2(C)C(C)CCC2C2C(C)CC3=CC(=O)CCC3C12. The van der Waals surface area contributed by atoms with Crippen LogP contribution in [0.5, 0.6) is 0 Å². The Morgan fingerprint density at radius 3 is 2.59 bits per heavy atom. The minimum Gasteiger partial charge on any atom is -0.295 e. The highest BCUT2D eigenvalue weighted by molar-refractivity contribution is 5.91. The molecule has 3 saturated carbocycles. The summed E-state index contributed by atoms with van der Waals surface area (Å²) >= 11 is 0. The van der Waals surface area contributed by atoms with Gasteiger partial charge in [0.1, 0.15) is 0 Å². The van der Waals surface area contributed by atoms with E-state index in [1.54, 1.807) is 0 Å². The molecule has 1 nitrogen and oxygen atoms in total. The molecule has 0 N–H and O–H groups in total. The van der Waals surface area contributed by atoms with Crippen LogP contribution in [-0.2, 0) is 4.79 Å². The molecule has 4 aliphatic carbocycles. The van der Waals surface area contributed by atoms with Crippen molar-refractivity contribution in [1.29, 1.82) is 0 Å². The second-order valence-corrected chi connectivity index (χ2v) is 9.44. The van der Waals surface area contributed by atoms with Crippen LogP contribution in [0.15, 0.2) is 11.6 Å². The summed E-state index contributed by atoms with van der Waals surface area (Å²) in [6, 6.07) is 0. The second kappa shape index (κ2) is 4.95. The van der Waals surface area contributed by atoms with E-state index in [4.69, 9.17) is 0 Å². The highest BCUT2D eigenvalue weighted by Crippen LogP contribution is 2.66. The second-order valence-electron chi connectivity index (χ2n) is 9.44. The lowest BCUT2D eigenvalue weighted by Crippen LogP contribution is -2.52. The lowest BCUT2D eigenvalue weighted by molar-refractivity contribution is -0.117. The first-order valence-electron chi connectivity index (χ1n) is 9.65. The van der Waals surface area contributed by atoms with E-state index in [-0.39, 0.29) is 0 Å². The molecule has 0 saturated heterocycles. The third-order valence-corrected chi connectivity index (χ3v) is 8.42. The molecule has 8 atom stereocenters. The number of carbonyl (C=O) groups is 1.